The Morgan fingerprint density at radius 2 is 2.33 bits per heavy atom. The van der Waals surface area contributed by atoms with Crippen LogP contribution in [0, 0.1) is 0 Å². The first-order valence-corrected chi connectivity index (χ1v) is 5.94. The van der Waals surface area contributed by atoms with Gasteiger partial charge in [-0.2, -0.15) is 0 Å². The quantitative estimate of drug-likeness (QED) is 0.703. The molecule has 0 aliphatic carbocycles. The molecule has 0 saturated carbocycles. The Morgan fingerprint density at radius 3 is 2.93 bits per heavy atom. The van der Waals surface area contributed by atoms with E-state index in [1.165, 1.54) is 24.8 Å². The van der Waals surface area contributed by atoms with Crippen LogP contribution >= 0.6 is 0 Å². The van der Waals surface area contributed by atoms with E-state index in [1.54, 1.807) is 0 Å². The molecule has 1 fully saturated rings. The molecule has 15 heavy (non-hydrogen) atoms. The zero-order chi connectivity index (χ0) is 11.1. The molecule has 1 heterocycles. The summed E-state index contributed by atoms with van der Waals surface area (Å²) in [6, 6.07) is 0.568. The minimum atomic E-state index is 0.306. The Kier molecular flexibility index (Phi) is 5.66. The van der Waals surface area contributed by atoms with Gasteiger partial charge in [-0.1, -0.05) is 25.2 Å². The number of nitrogens with zero attached hydrogens (tertiary/aromatic N) is 1. The highest BCUT2D eigenvalue weighted by Crippen LogP contribution is 2.20. The molecule has 1 atom stereocenters. The van der Waals surface area contributed by atoms with E-state index in [0.717, 1.165) is 19.5 Å². The van der Waals surface area contributed by atoms with Crippen molar-refractivity contribution in [2.45, 2.75) is 38.6 Å². The Hall–Kier alpha value is -0.600. The molecule has 0 radical (unpaired) electrons. The van der Waals surface area contributed by atoms with Crippen LogP contribution < -0.4 is 0 Å². The number of aliphatic hydroxyl groups is 1. The zero-order valence-corrected chi connectivity index (χ0v) is 9.78. The van der Waals surface area contributed by atoms with Gasteiger partial charge in [0, 0.05) is 19.2 Å². The van der Waals surface area contributed by atoms with Gasteiger partial charge in [0.05, 0.1) is 0 Å². The highest BCUT2D eigenvalue weighted by atomic mass is 16.3. The summed E-state index contributed by atoms with van der Waals surface area (Å²) < 4.78 is 0. The largest absolute Gasteiger partial charge is 0.396 e. The van der Waals surface area contributed by atoms with Gasteiger partial charge in [-0.15, -0.1) is 0 Å². The van der Waals surface area contributed by atoms with Crippen LogP contribution in [0.15, 0.2) is 24.3 Å². The minimum absolute atomic E-state index is 0.306. The first kappa shape index (κ1) is 12.5. The summed E-state index contributed by atoms with van der Waals surface area (Å²) >= 11 is 0. The molecular formula is C13H23NO. The summed E-state index contributed by atoms with van der Waals surface area (Å²) in [6.07, 6.45) is 8.79. The van der Waals surface area contributed by atoms with Crippen molar-refractivity contribution in [1.82, 2.24) is 4.90 Å². The van der Waals surface area contributed by atoms with E-state index in [9.17, 15) is 0 Å². The predicted molar refractivity (Wildman–Crippen MR) is 64.9 cm³/mol. The maximum absolute atomic E-state index is 9.02. The highest BCUT2D eigenvalue weighted by molar-refractivity contribution is 5.17. The molecule has 0 bridgehead atoms. The summed E-state index contributed by atoms with van der Waals surface area (Å²) in [4.78, 5) is 2.48. The average Bonchev–Trinajstić information content (AvgIpc) is 2.28. The molecule has 1 rings (SSSR count). The van der Waals surface area contributed by atoms with Crippen molar-refractivity contribution in [2.75, 3.05) is 19.7 Å². The van der Waals surface area contributed by atoms with Crippen LogP contribution in [-0.4, -0.2) is 35.7 Å². The summed E-state index contributed by atoms with van der Waals surface area (Å²) in [5.41, 5.74) is 1.29. The summed E-state index contributed by atoms with van der Waals surface area (Å²) in [7, 11) is 0. The third-order valence-electron chi connectivity index (χ3n) is 3.23. The number of allylic oxidation sites excluding steroid dienone is 1. The van der Waals surface area contributed by atoms with E-state index in [-0.39, 0.29) is 0 Å². The number of piperidine rings is 1. The lowest BCUT2D eigenvalue weighted by atomic mass is 9.99. The van der Waals surface area contributed by atoms with Crippen LogP contribution in [0.2, 0.25) is 0 Å². The summed E-state index contributed by atoms with van der Waals surface area (Å²) in [6.45, 7) is 8.34. The lowest BCUT2D eigenvalue weighted by Crippen LogP contribution is -2.40. The topological polar surface area (TPSA) is 23.5 Å². The molecule has 0 aromatic rings. The van der Waals surface area contributed by atoms with Crippen LogP contribution in [-0.2, 0) is 0 Å². The van der Waals surface area contributed by atoms with Gasteiger partial charge < -0.3 is 5.11 Å². The van der Waals surface area contributed by atoms with E-state index in [1.807, 2.05) is 6.08 Å². The predicted octanol–water partition coefficient (Wildman–Crippen LogP) is 2.36. The molecule has 1 unspecified atom stereocenters. The molecule has 2 heteroatoms. The molecule has 1 N–H and O–H groups in total. The van der Waals surface area contributed by atoms with E-state index < -0.39 is 0 Å². The van der Waals surface area contributed by atoms with Crippen molar-refractivity contribution < 1.29 is 5.11 Å². The molecule has 0 aromatic carbocycles. The molecule has 1 aliphatic heterocycles. The first-order valence-electron chi connectivity index (χ1n) is 5.94. The fourth-order valence-corrected chi connectivity index (χ4v) is 2.25. The number of hydrogen-bond acceptors (Lipinski definition) is 2. The first-order chi connectivity index (χ1) is 7.31. The standard InChI is InChI=1S/C13H23NO/c1-3-12(4-2)11-14-9-6-5-7-13(14)8-10-15/h3-4,13,15H,1,5-11H2,2H3/b12-4+. The van der Waals surface area contributed by atoms with E-state index in [4.69, 9.17) is 5.11 Å². The molecule has 2 nitrogen and oxygen atoms in total. The SMILES string of the molecule is C=C/C(=C\C)CN1CCCCC1CCO. The third-order valence-corrected chi connectivity index (χ3v) is 3.23. The molecule has 86 valence electrons. The zero-order valence-electron chi connectivity index (χ0n) is 9.78. The Bertz CT molecular complexity index is 221. The Labute approximate surface area is 93.3 Å². The minimum Gasteiger partial charge on any atom is -0.396 e. The molecule has 0 spiro atoms. The van der Waals surface area contributed by atoms with Crippen LogP contribution in [0.25, 0.3) is 0 Å². The van der Waals surface area contributed by atoms with Gasteiger partial charge in [0.2, 0.25) is 0 Å². The van der Waals surface area contributed by atoms with E-state index in [2.05, 4.69) is 24.5 Å². The fraction of sp³-hybridized carbons (Fsp3) is 0.692. The second-order valence-corrected chi connectivity index (χ2v) is 4.20. The number of aliphatic hydroxyl groups excluding tert-OH is 1. The summed E-state index contributed by atoms with van der Waals surface area (Å²) in [5, 5.41) is 9.02. The molecule has 0 aromatic heterocycles. The van der Waals surface area contributed by atoms with Crippen LogP contribution in [0.4, 0.5) is 0 Å². The van der Waals surface area contributed by atoms with Crippen LogP contribution in [0.1, 0.15) is 32.6 Å². The number of rotatable bonds is 5. The van der Waals surface area contributed by atoms with Gasteiger partial charge in [0.15, 0.2) is 0 Å². The Morgan fingerprint density at radius 1 is 1.53 bits per heavy atom. The monoisotopic (exact) mass is 209 g/mol. The van der Waals surface area contributed by atoms with Crippen molar-refractivity contribution in [3.8, 4) is 0 Å². The van der Waals surface area contributed by atoms with Gasteiger partial charge in [0.25, 0.3) is 0 Å². The van der Waals surface area contributed by atoms with Gasteiger partial charge >= 0.3 is 0 Å². The van der Waals surface area contributed by atoms with Crippen LogP contribution in [0.5, 0.6) is 0 Å². The van der Waals surface area contributed by atoms with Crippen molar-refractivity contribution in [3.05, 3.63) is 24.3 Å². The lowest BCUT2D eigenvalue weighted by Gasteiger charge is -2.35. The lowest BCUT2D eigenvalue weighted by molar-refractivity contribution is 0.130. The smallest absolute Gasteiger partial charge is 0.0445 e. The fourth-order valence-electron chi connectivity index (χ4n) is 2.25. The second kappa shape index (κ2) is 6.81. The molecule has 1 saturated heterocycles. The molecule has 0 amide bonds. The maximum atomic E-state index is 9.02. The average molecular weight is 209 g/mol. The Balaban J connectivity index is 2.52. The third kappa shape index (κ3) is 3.80. The van der Waals surface area contributed by atoms with Crippen molar-refractivity contribution in [2.24, 2.45) is 0 Å². The number of hydrogen-bond donors (Lipinski definition) is 1. The molecular weight excluding hydrogens is 186 g/mol. The van der Waals surface area contributed by atoms with E-state index >= 15 is 0 Å². The highest BCUT2D eigenvalue weighted by Gasteiger charge is 2.21. The molecule has 1 aliphatic rings. The number of likely N-dealkylation sites (tertiary alicyclic amines) is 1. The van der Waals surface area contributed by atoms with Crippen LogP contribution in [0.3, 0.4) is 0 Å². The van der Waals surface area contributed by atoms with Gasteiger partial charge in [-0.25, -0.2) is 0 Å². The van der Waals surface area contributed by atoms with Crippen molar-refractivity contribution in [3.63, 3.8) is 0 Å². The van der Waals surface area contributed by atoms with Gasteiger partial charge in [-0.3, -0.25) is 4.90 Å². The normalized spacial score (nSPS) is 24.1. The van der Waals surface area contributed by atoms with Crippen molar-refractivity contribution >= 4 is 0 Å². The maximum Gasteiger partial charge on any atom is 0.0445 e. The van der Waals surface area contributed by atoms with E-state index in [0.29, 0.717) is 12.6 Å². The van der Waals surface area contributed by atoms with Gasteiger partial charge in [-0.05, 0) is 38.3 Å². The van der Waals surface area contributed by atoms with Crippen molar-refractivity contribution in [1.29, 1.82) is 0 Å². The second-order valence-electron chi connectivity index (χ2n) is 4.20. The summed E-state index contributed by atoms with van der Waals surface area (Å²) in [5.74, 6) is 0. The van der Waals surface area contributed by atoms with Gasteiger partial charge in [0.1, 0.15) is 0 Å².